The predicted octanol–water partition coefficient (Wildman–Crippen LogP) is 4.14. The highest BCUT2D eigenvalue weighted by Crippen LogP contribution is 2.34. The average Bonchev–Trinajstić information content (AvgIpc) is 3.11. The van der Waals surface area contributed by atoms with Crippen molar-refractivity contribution < 1.29 is 14.6 Å². The maximum absolute atomic E-state index is 10.2. The van der Waals surface area contributed by atoms with E-state index in [4.69, 9.17) is 9.47 Å². The lowest BCUT2D eigenvalue weighted by Crippen LogP contribution is -2.33. The second-order valence-corrected chi connectivity index (χ2v) is 8.20. The summed E-state index contributed by atoms with van der Waals surface area (Å²) in [6, 6.07) is 10.1. The van der Waals surface area contributed by atoms with Crippen molar-refractivity contribution in [1.82, 2.24) is 5.32 Å². The molecule has 0 amide bonds. The molecule has 0 saturated carbocycles. The van der Waals surface area contributed by atoms with Gasteiger partial charge in [-0.05, 0) is 42.0 Å². The van der Waals surface area contributed by atoms with E-state index in [1.54, 1.807) is 18.4 Å². The highest BCUT2D eigenvalue weighted by molar-refractivity contribution is 7.10. The molecular weight excluding hydrogens is 334 g/mol. The molecule has 0 aliphatic rings. The van der Waals surface area contributed by atoms with Crippen molar-refractivity contribution in [1.29, 1.82) is 0 Å². The molecule has 0 bridgehead atoms. The molecule has 0 fully saturated rings. The van der Waals surface area contributed by atoms with Crippen LogP contribution in [0.2, 0.25) is 0 Å². The molecule has 4 nitrogen and oxygen atoms in total. The quantitative estimate of drug-likeness (QED) is 0.740. The summed E-state index contributed by atoms with van der Waals surface area (Å²) in [7, 11) is 1.66. The van der Waals surface area contributed by atoms with Crippen molar-refractivity contribution >= 4 is 11.3 Å². The van der Waals surface area contributed by atoms with Gasteiger partial charge in [-0.15, -0.1) is 11.3 Å². The molecule has 0 spiro atoms. The lowest BCUT2D eigenvalue weighted by Gasteiger charge is -2.24. The topological polar surface area (TPSA) is 50.7 Å². The zero-order valence-electron chi connectivity index (χ0n) is 15.7. The van der Waals surface area contributed by atoms with Crippen molar-refractivity contribution in [3.8, 4) is 11.5 Å². The molecule has 0 saturated heterocycles. The minimum atomic E-state index is -0.572. The normalized spacial score (nSPS) is 14.2. The number of rotatable bonds is 8. The molecule has 25 heavy (non-hydrogen) atoms. The molecule has 5 heteroatoms. The third kappa shape index (κ3) is 5.73. The van der Waals surface area contributed by atoms with Crippen LogP contribution in [0, 0.1) is 0 Å². The van der Waals surface area contributed by atoms with Gasteiger partial charge in [0.25, 0.3) is 0 Å². The Bertz CT molecular complexity index is 649. The number of aliphatic hydroxyl groups is 1. The van der Waals surface area contributed by atoms with Gasteiger partial charge in [0.05, 0.1) is 7.11 Å². The van der Waals surface area contributed by atoms with Crippen LogP contribution in [0.25, 0.3) is 0 Å². The Morgan fingerprint density at radius 3 is 2.60 bits per heavy atom. The van der Waals surface area contributed by atoms with Crippen LogP contribution < -0.4 is 14.8 Å². The summed E-state index contributed by atoms with van der Waals surface area (Å²) in [6.45, 7) is 9.24. The second kappa shape index (κ2) is 8.70. The first kappa shape index (κ1) is 19.8. The zero-order valence-corrected chi connectivity index (χ0v) is 16.5. The Kier molecular flexibility index (Phi) is 6.87. The lowest BCUT2D eigenvalue weighted by atomic mass is 9.86. The van der Waals surface area contributed by atoms with E-state index in [1.165, 1.54) is 4.88 Å². The molecule has 0 aliphatic heterocycles. The van der Waals surface area contributed by atoms with Crippen LogP contribution in [-0.2, 0) is 5.41 Å². The number of aliphatic hydroxyl groups excluding tert-OH is 1. The monoisotopic (exact) mass is 363 g/mol. The van der Waals surface area contributed by atoms with E-state index >= 15 is 0 Å². The maximum Gasteiger partial charge on any atom is 0.123 e. The Morgan fingerprint density at radius 2 is 2.00 bits per heavy atom. The summed E-state index contributed by atoms with van der Waals surface area (Å²) in [6.07, 6.45) is -0.572. The van der Waals surface area contributed by atoms with Crippen molar-refractivity contribution in [2.45, 2.75) is 45.3 Å². The molecule has 1 aromatic carbocycles. The Labute approximate surface area is 154 Å². The number of benzene rings is 1. The summed E-state index contributed by atoms with van der Waals surface area (Å²) in [4.78, 5) is 1.26. The molecule has 2 N–H and O–H groups in total. The van der Waals surface area contributed by atoms with Crippen LogP contribution >= 0.6 is 11.3 Å². The van der Waals surface area contributed by atoms with Crippen LogP contribution in [0.5, 0.6) is 11.5 Å². The number of methoxy groups -OCH3 is 1. The molecule has 1 heterocycles. The van der Waals surface area contributed by atoms with Gasteiger partial charge in [0.2, 0.25) is 0 Å². The molecule has 2 aromatic rings. The standard InChI is InChI=1S/C20H29NO3S/c1-14(19-7-6-10-25-19)21-12-15(22)13-24-18-9-8-16(23-5)11-17(18)20(2,3)4/h6-11,14-15,21-22H,12-13H2,1-5H3. The second-order valence-electron chi connectivity index (χ2n) is 7.22. The number of thiophene rings is 1. The van der Waals surface area contributed by atoms with E-state index in [1.807, 2.05) is 24.3 Å². The number of hydrogen-bond acceptors (Lipinski definition) is 5. The Hall–Kier alpha value is -1.56. The lowest BCUT2D eigenvalue weighted by molar-refractivity contribution is 0.103. The number of hydrogen-bond donors (Lipinski definition) is 2. The van der Waals surface area contributed by atoms with Crippen molar-refractivity contribution in [2.75, 3.05) is 20.3 Å². The van der Waals surface area contributed by atoms with E-state index in [0.29, 0.717) is 6.54 Å². The van der Waals surface area contributed by atoms with E-state index in [-0.39, 0.29) is 18.1 Å². The molecule has 0 aliphatic carbocycles. The van der Waals surface area contributed by atoms with Gasteiger partial charge in [0.1, 0.15) is 24.2 Å². The summed E-state index contributed by atoms with van der Waals surface area (Å²) in [5.74, 6) is 1.60. The van der Waals surface area contributed by atoms with Gasteiger partial charge in [-0.1, -0.05) is 26.8 Å². The zero-order chi connectivity index (χ0) is 18.4. The number of nitrogens with one attached hydrogen (secondary N) is 1. The van der Waals surface area contributed by atoms with Crippen molar-refractivity contribution in [3.63, 3.8) is 0 Å². The largest absolute Gasteiger partial charge is 0.497 e. The summed E-state index contributed by atoms with van der Waals surface area (Å²) in [5.41, 5.74) is 1.000. The number of ether oxygens (including phenoxy) is 2. The highest BCUT2D eigenvalue weighted by atomic mass is 32.1. The average molecular weight is 364 g/mol. The minimum absolute atomic E-state index is 0.0687. The van der Waals surface area contributed by atoms with Crippen LogP contribution in [-0.4, -0.2) is 31.5 Å². The summed E-state index contributed by atoms with van der Waals surface area (Å²) in [5, 5.41) is 15.6. The van der Waals surface area contributed by atoms with Crippen LogP contribution in [0.15, 0.2) is 35.7 Å². The van der Waals surface area contributed by atoms with Crippen LogP contribution in [0.3, 0.4) is 0 Å². The Morgan fingerprint density at radius 1 is 1.24 bits per heavy atom. The smallest absolute Gasteiger partial charge is 0.123 e. The summed E-state index contributed by atoms with van der Waals surface area (Å²) >= 11 is 1.71. The van der Waals surface area contributed by atoms with Gasteiger partial charge in [-0.25, -0.2) is 0 Å². The molecular formula is C20H29NO3S. The first-order chi connectivity index (χ1) is 11.8. The predicted molar refractivity (Wildman–Crippen MR) is 104 cm³/mol. The highest BCUT2D eigenvalue weighted by Gasteiger charge is 2.20. The van der Waals surface area contributed by atoms with Crippen LogP contribution in [0.1, 0.15) is 44.2 Å². The molecule has 2 rings (SSSR count). The molecule has 138 valence electrons. The molecule has 0 radical (unpaired) electrons. The van der Waals surface area contributed by atoms with Gasteiger partial charge in [0.15, 0.2) is 0 Å². The van der Waals surface area contributed by atoms with Crippen molar-refractivity contribution in [2.24, 2.45) is 0 Å². The SMILES string of the molecule is COc1ccc(OCC(O)CNC(C)c2cccs2)c(C(C)(C)C)c1. The van der Waals surface area contributed by atoms with E-state index in [0.717, 1.165) is 17.1 Å². The minimum Gasteiger partial charge on any atom is -0.497 e. The fraction of sp³-hybridized carbons (Fsp3) is 0.500. The fourth-order valence-corrected chi connectivity index (χ4v) is 3.30. The van der Waals surface area contributed by atoms with Gasteiger partial charge < -0.3 is 19.9 Å². The maximum atomic E-state index is 10.2. The van der Waals surface area contributed by atoms with E-state index in [9.17, 15) is 5.11 Å². The van der Waals surface area contributed by atoms with Gasteiger partial charge in [0, 0.05) is 23.0 Å². The van der Waals surface area contributed by atoms with E-state index in [2.05, 4.69) is 44.5 Å². The van der Waals surface area contributed by atoms with Crippen molar-refractivity contribution in [3.05, 3.63) is 46.2 Å². The summed E-state index contributed by atoms with van der Waals surface area (Å²) < 4.78 is 11.2. The molecule has 2 atom stereocenters. The van der Waals surface area contributed by atoms with Gasteiger partial charge in [-0.3, -0.25) is 0 Å². The first-order valence-electron chi connectivity index (χ1n) is 8.57. The third-order valence-corrected chi connectivity index (χ3v) is 5.11. The fourth-order valence-electron chi connectivity index (χ4n) is 2.54. The van der Waals surface area contributed by atoms with Crippen LogP contribution in [0.4, 0.5) is 0 Å². The van der Waals surface area contributed by atoms with E-state index < -0.39 is 6.10 Å². The molecule has 2 unspecified atom stereocenters. The first-order valence-corrected chi connectivity index (χ1v) is 9.45. The van der Waals surface area contributed by atoms with Gasteiger partial charge in [-0.2, -0.15) is 0 Å². The van der Waals surface area contributed by atoms with Gasteiger partial charge >= 0.3 is 0 Å². The molecule has 1 aromatic heterocycles. The Balaban J connectivity index is 1.92. The third-order valence-electron chi connectivity index (χ3n) is 4.06.